The second-order valence-electron chi connectivity index (χ2n) is 6.60. The molecule has 0 aromatic carbocycles. The summed E-state index contributed by atoms with van der Waals surface area (Å²) < 4.78 is 0. The number of hydrogen-bond donors (Lipinski definition) is 2. The molecule has 0 radical (unpaired) electrons. The summed E-state index contributed by atoms with van der Waals surface area (Å²) in [5.74, 6) is 1.82. The van der Waals surface area contributed by atoms with Crippen molar-refractivity contribution >= 4 is 5.91 Å². The van der Waals surface area contributed by atoms with E-state index in [1.165, 1.54) is 25.7 Å². The van der Waals surface area contributed by atoms with Crippen LogP contribution in [0.3, 0.4) is 0 Å². The topological polar surface area (TPSA) is 61.0 Å². The van der Waals surface area contributed by atoms with Crippen molar-refractivity contribution in [2.75, 3.05) is 13.1 Å². The van der Waals surface area contributed by atoms with Gasteiger partial charge in [-0.15, -0.1) is 0 Å². The van der Waals surface area contributed by atoms with Crippen molar-refractivity contribution in [3.05, 3.63) is 17.7 Å². The van der Waals surface area contributed by atoms with E-state index in [1.54, 1.807) is 6.33 Å². The minimum atomic E-state index is -0.0803. The molecule has 0 saturated heterocycles. The van der Waals surface area contributed by atoms with Crippen LogP contribution in [-0.4, -0.2) is 39.9 Å². The Bertz CT molecular complexity index is 490. The average molecular weight is 274 g/mol. The molecule has 1 atom stereocenters. The van der Waals surface area contributed by atoms with E-state index in [0.29, 0.717) is 0 Å². The monoisotopic (exact) mass is 274 g/mol. The Kier molecular flexibility index (Phi) is 3.02. The van der Waals surface area contributed by atoms with Crippen LogP contribution in [0, 0.1) is 11.8 Å². The molecule has 0 bridgehead atoms. The van der Waals surface area contributed by atoms with Crippen LogP contribution in [0.15, 0.2) is 6.33 Å². The summed E-state index contributed by atoms with van der Waals surface area (Å²) in [7, 11) is 0. The fourth-order valence-electron chi connectivity index (χ4n) is 3.04. The van der Waals surface area contributed by atoms with Crippen molar-refractivity contribution in [2.24, 2.45) is 11.8 Å². The fourth-order valence-corrected chi connectivity index (χ4v) is 3.04. The van der Waals surface area contributed by atoms with Gasteiger partial charge in [-0.05, 0) is 37.5 Å². The van der Waals surface area contributed by atoms with Gasteiger partial charge in [-0.1, -0.05) is 0 Å². The standard InChI is InChI=1S/C15H22N4O/c20-15(13-5-12-14(6-16-13)18-9-17-12)19(7-10-1-2-10)8-11-3-4-11/h9-11,13,16H,1-8H2,(H,17,18). The molecule has 20 heavy (non-hydrogen) atoms. The Morgan fingerprint density at radius 3 is 2.60 bits per heavy atom. The SMILES string of the molecule is O=C(C1Cc2nc[nH]c2CN1)N(CC1CC1)CC1CC1. The summed E-state index contributed by atoms with van der Waals surface area (Å²) in [6.45, 7) is 2.67. The molecule has 1 unspecified atom stereocenters. The molecule has 2 saturated carbocycles. The van der Waals surface area contributed by atoms with Crippen molar-refractivity contribution < 1.29 is 4.79 Å². The van der Waals surface area contributed by atoms with Crippen LogP contribution in [0.4, 0.5) is 0 Å². The van der Waals surface area contributed by atoms with Gasteiger partial charge in [0.1, 0.15) is 0 Å². The molecule has 2 N–H and O–H groups in total. The first-order chi connectivity index (χ1) is 9.79. The number of rotatable bonds is 5. The largest absolute Gasteiger partial charge is 0.347 e. The van der Waals surface area contributed by atoms with Gasteiger partial charge in [-0.3, -0.25) is 10.1 Å². The molecular formula is C15H22N4O. The molecule has 5 nitrogen and oxygen atoms in total. The van der Waals surface area contributed by atoms with Gasteiger partial charge in [0.05, 0.1) is 23.8 Å². The predicted molar refractivity (Wildman–Crippen MR) is 74.9 cm³/mol. The van der Waals surface area contributed by atoms with Crippen molar-refractivity contribution in [3.8, 4) is 0 Å². The molecule has 1 aromatic heterocycles. The van der Waals surface area contributed by atoms with Crippen molar-refractivity contribution in [3.63, 3.8) is 0 Å². The number of aromatic nitrogens is 2. The first kappa shape index (κ1) is 12.4. The number of fused-ring (bicyclic) bond motifs is 1. The van der Waals surface area contributed by atoms with Crippen molar-refractivity contribution in [1.29, 1.82) is 0 Å². The van der Waals surface area contributed by atoms with Crippen molar-refractivity contribution in [1.82, 2.24) is 20.2 Å². The third kappa shape index (κ3) is 2.59. The zero-order valence-electron chi connectivity index (χ0n) is 11.8. The number of carbonyl (C=O) groups excluding carboxylic acids is 1. The molecule has 3 aliphatic rings. The van der Waals surface area contributed by atoms with Crippen LogP contribution < -0.4 is 5.32 Å². The highest BCUT2D eigenvalue weighted by Crippen LogP contribution is 2.34. The van der Waals surface area contributed by atoms with E-state index in [2.05, 4.69) is 20.2 Å². The Hall–Kier alpha value is -1.36. The highest BCUT2D eigenvalue weighted by molar-refractivity contribution is 5.82. The van der Waals surface area contributed by atoms with Crippen LogP contribution in [0.5, 0.6) is 0 Å². The predicted octanol–water partition coefficient (Wildman–Crippen LogP) is 1.07. The summed E-state index contributed by atoms with van der Waals surface area (Å²) in [5.41, 5.74) is 2.19. The third-order valence-corrected chi connectivity index (χ3v) is 4.69. The molecule has 4 rings (SSSR count). The maximum Gasteiger partial charge on any atom is 0.240 e. The number of nitrogens with zero attached hydrogens (tertiary/aromatic N) is 2. The van der Waals surface area contributed by atoms with E-state index in [4.69, 9.17) is 0 Å². The second-order valence-corrected chi connectivity index (χ2v) is 6.60. The number of nitrogens with one attached hydrogen (secondary N) is 2. The van der Waals surface area contributed by atoms with E-state index in [9.17, 15) is 4.79 Å². The number of imidazole rings is 1. The Morgan fingerprint density at radius 1 is 1.25 bits per heavy atom. The number of carbonyl (C=O) groups is 1. The summed E-state index contributed by atoms with van der Waals surface area (Å²) in [6.07, 6.45) is 7.66. The van der Waals surface area contributed by atoms with Gasteiger partial charge in [-0.25, -0.2) is 4.98 Å². The normalized spacial score (nSPS) is 25.3. The second kappa shape index (κ2) is 4.88. The molecule has 2 fully saturated rings. The summed E-state index contributed by atoms with van der Waals surface area (Å²) >= 11 is 0. The molecule has 1 aliphatic heterocycles. The van der Waals surface area contributed by atoms with Crippen molar-refractivity contribution in [2.45, 2.75) is 44.7 Å². The maximum atomic E-state index is 12.8. The lowest BCUT2D eigenvalue weighted by atomic mass is 10.0. The number of aromatic amines is 1. The van der Waals surface area contributed by atoms with E-state index in [0.717, 1.165) is 49.3 Å². The first-order valence-corrected chi connectivity index (χ1v) is 7.83. The van der Waals surface area contributed by atoms with E-state index in [1.807, 2.05) is 0 Å². The number of hydrogen-bond acceptors (Lipinski definition) is 3. The molecule has 2 aliphatic carbocycles. The lowest BCUT2D eigenvalue weighted by Gasteiger charge is -2.30. The van der Waals surface area contributed by atoms with Gasteiger partial charge in [0, 0.05) is 26.1 Å². The van der Waals surface area contributed by atoms with Gasteiger partial charge in [0.2, 0.25) is 5.91 Å². The fraction of sp³-hybridized carbons (Fsp3) is 0.733. The van der Waals surface area contributed by atoms with E-state index >= 15 is 0 Å². The molecule has 1 amide bonds. The zero-order valence-corrected chi connectivity index (χ0v) is 11.8. The molecule has 5 heteroatoms. The van der Waals surface area contributed by atoms with E-state index < -0.39 is 0 Å². The summed E-state index contributed by atoms with van der Waals surface area (Å²) in [6, 6.07) is -0.0803. The van der Waals surface area contributed by atoms with Crippen LogP contribution in [-0.2, 0) is 17.8 Å². The molecular weight excluding hydrogens is 252 g/mol. The molecule has 108 valence electrons. The number of amides is 1. The Labute approximate surface area is 119 Å². The van der Waals surface area contributed by atoms with Crippen LogP contribution in [0.25, 0.3) is 0 Å². The van der Waals surface area contributed by atoms with E-state index in [-0.39, 0.29) is 11.9 Å². The molecule has 1 aromatic rings. The minimum Gasteiger partial charge on any atom is -0.347 e. The average Bonchev–Trinajstić information content (AvgIpc) is 3.38. The van der Waals surface area contributed by atoms with Gasteiger partial charge < -0.3 is 9.88 Å². The molecule has 0 spiro atoms. The lowest BCUT2D eigenvalue weighted by Crippen LogP contribution is -2.50. The van der Waals surface area contributed by atoms with Gasteiger partial charge in [-0.2, -0.15) is 0 Å². The van der Waals surface area contributed by atoms with Gasteiger partial charge in [0.15, 0.2) is 0 Å². The smallest absolute Gasteiger partial charge is 0.240 e. The first-order valence-electron chi connectivity index (χ1n) is 7.83. The Morgan fingerprint density at radius 2 is 1.95 bits per heavy atom. The van der Waals surface area contributed by atoms with Crippen LogP contribution in [0.2, 0.25) is 0 Å². The quantitative estimate of drug-likeness (QED) is 0.844. The lowest BCUT2D eigenvalue weighted by molar-refractivity contribution is -0.134. The maximum absolute atomic E-state index is 12.8. The minimum absolute atomic E-state index is 0.0803. The van der Waals surface area contributed by atoms with Gasteiger partial charge >= 0.3 is 0 Å². The van der Waals surface area contributed by atoms with Crippen LogP contribution in [0.1, 0.15) is 37.1 Å². The summed E-state index contributed by atoms with van der Waals surface area (Å²) in [4.78, 5) is 22.4. The highest BCUT2D eigenvalue weighted by atomic mass is 16.2. The summed E-state index contributed by atoms with van der Waals surface area (Å²) in [5, 5.41) is 3.37. The van der Waals surface area contributed by atoms with Crippen LogP contribution >= 0.6 is 0 Å². The van der Waals surface area contributed by atoms with Gasteiger partial charge in [0.25, 0.3) is 0 Å². The highest BCUT2D eigenvalue weighted by Gasteiger charge is 2.35. The zero-order chi connectivity index (χ0) is 13.5. The Balaban J connectivity index is 1.43. The number of H-pyrrole nitrogens is 1. The molecule has 2 heterocycles. The third-order valence-electron chi connectivity index (χ3n) is 4.69.